The minimum Gasteiger partial charge on any atom is -0.452 e. The van der Waals surface area contributed by atoms with Crippen LogP contribution in [0.2, 0.25) is 0 Å². The Hall–Kier alpha value is -2.91. The molecule has 1 amide bonds. The number of nitrogens with one attached hydrogen (secondary N) is 1. The first-order chi connectivity index (χ1) is 13.8. The van der Waals surface area contributed by atoms with Crippen molar-refractivity contribution >= 4 is 51.9 Å². The summed E-state index contributed by atoms with van der Waals surface area (Å²) in [6.07, 6.45) is -2.97. The van der Waals surface area contributed by atoms with Crippen molar-refractivity contribution in [2.75, 3.05) is 11.9 Å². The number of halogens is 3. The Kier molecular flexibility index (Phi) is 6.50. The van der Waals surface area contributed by atoms with E-state index in [1.54, 1.807) is 23.6 Å². The van der Waals surface area contributed by atoms with Crippen molar-refractivity contribution in [2.24, 2.45) is 0 Å². The summed E-state index contributed by atoms with van der Waals surface area (Å²) < 4.78 is 44.1. The number of carbonyl (C=O) groups excluding carboxylic acids is 2. The van der Waals surface area contributed by atoms with E-state index in [2.05, 4.69) is 5.32 Å². The third kappa shape index (κ3) is 5.55. The summed E-state index contributed by atoms with van der Waals surface area (Å²) in [6.45, 7) is -0.710. The van der Waals surface area contributed by atoms with Crippen LogP contribution in [0.5, 0.6) is 0 Å². The molecule has 0 unspecified atom stereocenters. The summed E-state index contributed by atoms with van der Waals surface area (Å²) in [5.74, 6) is -1.60. The average Bonchev–Trinajstić information content (AvgIpc) is 3.37. The van der Waals surface area contributed by atoms with Crippen molar-refractivity contribution in [3.8, 4) is 0 Å². The fourth-order valence-electron chi connectivity index (χ4n) is 2.41. The van der Waals surface area contributed by atoms with Crippen LogP contribution in [0.15, 0.2) is 59.3 Å². The zero-order valence-electron chi connectivity index (χ0n) is 14.7. The van der Waals surface area contributed by atoms with Crippen molar-refractivity contribution < 1.29 is 27.5 Å². The molecule has 0 aliphatic heterocycles. The minimum absolute atomic E-state index is 0.269. The van der Waals surface area contributed by atoms with E-state index in [-0.39, 0.29) is 5.57 Å². The van der Waals surface area contributed by atoms with E-state index in [1.165, 1.54) is 34.8 Å². The van der Waals surface area contributed by atoms with Gasteiger partial charge in [-0.15, -0.1) is 22.7 Å². The standard InChI is InChI=1S/C20H14F3NO3S2/c21-20(22,23)15-6-1-2-7-16(15)24-18(25)12-27-19(26)14(17-8-4-10-29-17)11-13-5-3-9-28-13/h1-11H,12H2,(H,24,25). The second kappa shape index (κ2) is 9.06. The van der Waals surface area contributed by atoms with Gasteiger partial charge in [-0.2, -0.15) is 13.2 Å². The van der Waals surface area contributed by atoms with Crippen LogP contribution < -0.4 is 5.32 Å². The van der Waals surface area contributed by atoms with Crippen LogP contribution in [-0.2, 0) is 20.5 Å². The van der Waals surface area contributed by atoms with Crippen molar-refractivity contribution in [1.82, 2.24) is 0 Å². The lowest BCUT2D eigenvalue weighted by atomic mass is 10.1. The molecular formula is C20H14F3NO3S2. The zero-order chi connectivity index (χ0) is 20.9. The zero-order valence-corrected chi connectivity index (χ0v) is 16.4. The number of esters is 1. The van der Waals surface area contributed by atoms with Crippen LogP contribution in [0.25, 0.3) is 11.6 Å². The van der Waals surface area contributed by atoms with Gasteiger partial charge in [0.15, 0.2) is 6.61 Å². The number of para-hydroxylation sites is 1. The molecule has 0 aliphatic carbocycles. The molecule has 0 aliphatic rings. The second-order valence-electron chi connectivity index (χ2n) is 5.72. The van der Waals surface area contributed by atoms with Crippen LogP contribution in [0.1, 0.15) is 15.3 Å². The van der Waals surface area contributed by atoms with Gasteiger partial charge in [0.2, 0.25) is 0 Å². The highest BCUT2D eigenvalue weighted by atomic mass is 32.1. The van der Waals surface area contributed by atoms with E-state index in [1.807, 2.05) is 17.5 Å². The van der Waals surface area contributed by atoms with Crippen LogP contribution >= 0.6 is 22.7 Å². The first-order valence-electron chi connectivity index (χ1n) is 8.27. The molecular weight excluding hydrogens is 423 g/mol. The number of alkyl halides is 3. The number of carbonyl (C=O) groups is 2. The molecule has 0 fully saturated rings. The molecule has 4 nitrogen and oxygen atoms in total. The maximum atomic E-state index is 13.0. The highest BCUT2D eigenvalue weighted by Gasteiger charge is 2.33. The highest BCUT2D eigenvalue weighted by Crippen LogP contribution is 2.34. The Balaban J connectivity index is 1.69. The highest BCUT2D eigenvalue weighted by molar-refractivity contribution is 7.12. The van der Waals surface area contributed by atoms with E-state index < -0.39 is 35.9 Å². The van der Waals surface area contributed by atoms with Crippen molar-refractivity contribution in [2.45, 2.75) is 6.18 Å². The van der Waals surface area contributed by atoms with Gasteiger partial charge in [0, 0.05) is 9.75 Å². The summed E-state index contributed by atoms with van der Waals surface area (Å²) in [7, 11) is 0. The lowest BCUT2D eigenvalue weighted by Gasteiger charge is -2.13. The molecule has 9 heteroatoms. The van der Waals surface area contributed by atoms with Gasteiger partial charge in [0.25, 0.3) is 5.91 Å². The average molecular weight is 437 g/mol. The molecule has 3 aromatic rings. The van der Waals surface area contributed by atoms with Crippen LogP contribution in [0.3, 0.4) is 0 Å². The Morgan fingerprint density at radius 1 is 1.00 bits per heavy atom. The van der Waals surface area contributed by atoms with Crippen molar-refractivity contribution in [3.05, 3.63) is 74.6 Å². The molecule has 0 bridgehead atoms. The normalized spacial score (nSPS) is 11.9. The Labute approximate surface area is 172 Å². The maximum Gasteiger partial charge on any atom is 0.418 e. The van der Waals surface area contributed by atoms with Crippen molar-refractivity contribution in [1.29, 1.82) is 0 Å². The van der Waals surface area contributed by atoms with Gasteiger partial charge in [0.1, 0.15) is 0 Å². The Morgan fingerprint density at radius 3 is 2.38 bits per heavy atom. The Morgan fingerprint density at radius 2 is 1.72 bits per heavy atom. The van der Waals surface area contributed by atoms with Gasteiger partial charge in [-0.05, 0) is 41.1 Å². The summed E-state index contributed by atoms with van der Waals surface area (Å²) in [4.78, 5) is 26.0. The summed E-state index contributed by atoms with van der Waals surface area (Å²) in [6, 6.07) is 11.8. The molecule has 1 aromatic carbocycles. The molecule has 150 valence electrons. The fourth-order valence-corrected chi connectivity index (χ4v) is 3.80. The summed E-state index contributed by atoms with van der Waals surface area (Å²) in [5.41, 5.74) is -1.10. The van der Waals surface area contributed by atoms with Crippen molar-refractivity contribution in [3.63, 3.8) is 0 Å². The van der Waals surface area contributed by atoms with E-state index in [0.29, 0.717) is 4.88 Å². The van der Waals surface area contributed by atoms with E-state index in [4.69, 9.17) is 4.74 Å². The van der Waals surface area contributed by atoms with E-state index in [9.17, 15) is 22.8 Å². The van der Waals surface area contributed by atoms with E-state index >= 15 is 0 Å². The number of thiophene rings is 2. The predicted octanol–water partition coefficient (Wildman–Crippen LogP) is 5.55. The molecule has 29 heavy (non-hydrogen) atoms. The number of rotatable bonds is 6. The van der Waals surface area contributed by atoms with Gasteiger partial charge < -0.3 is 10.1 Å². The van der Waals surface area contributed by atoms with Crippen LogP contribution in [-0.4, -0.2) is 18.5 Å². The minimum atomic E-state index is -4.61. The number of hydrogen-bond acceptors (Lipinski definition) is 5. The van der Waals surface area contributed by atoms with Gasteiger partial charge in [-0.3, -0.25) is 4.79 Å². The largest absolute Gasteiger partial charge is 0.452 e. The van der Waals surface area contributed by atoms with E-state index in [0.717, 1.165) is 17.0 Å². The first kappa shape index (κ1) is 20.8. The molecule has 0 spiro atoms. The number of amides is 1. The lowest BCUT2D eigenvalue weighted by molar-refractivity contribution is -0.141. The molecule has 0 radical (unpaired) electrons. The maximum absolute atomic E-state index is 13.0. The quantitative estimate of drug-likeness (QED) is 0.406. The van der Waals surface area contributed by atoms with Gasteiger partial charge in [-0.1, -0.05) is 24.3 Å². The molecule has 0 atom stereocenters. The third-order valence-corrected chi connectivity index (χ3v) is 5.40. The molecule has 2 aromatic heterocycles. The monoisotopic (exact) mass is 437 g/mol. The summed E-state index contributed by atoms with van der Waals surface area (Å²) >= 11 is 2.76. The predicted molar refractivity (Wildman–Crippen MR) is 108 cm³/mol. The summed E-state index contributed by atoms with van der Waals surface area (Å²) in [5, 5.41) is 5.79. The molecule has 0 saturated heterocycles. The van der Waals surface area contributed by atoms with Gasteiger partial charge >= 0.3 is 12.1 Å². The number of anilines is 1. The van der Waals surface area contributed by atoms with Gasteiger partial charge in [0.05, 0.1) is 16.8 Å². The topological polar surface area (TPSA) is 55.4 Å². The van der Waals surface area contributed by atoms with Gasteiger partial charge in [-0.25, -0.2) is 4.79 Å². The number of ether oxygens (including phenoxy) is 1. The van der Waals surface area contributed by atoms with Crippen LogP contribution in [0, 0.1) is 0 Å². The number of benzene rings is 1. The lowest BCUT2D eigenvalue weighted by Crippen LogP contribution is -2.23. The molecule has 2 heterocycles. The third-order valence-electron chi connectivity index (χ3n) is 3.68. The molecule has 0 saturated carbocycles. The Bertz CT molecular complexity index is 1010. The SMILES string of the molecule is O=C(COC(=O)C(=Cc1cccs1)c1cccs1)Nc1ccccc1C(F)(F)F. The molecule has 3 rings (SSSR count). The van der Waals surface area contributed by atoms with Crippen LogP contribution in [0.4, 0.5) is 18.9 Å². The fraction of sp³-hybridized carbons (Fsp3) is 0.100. The molecule has 1 N–H and O–H groups in total. The smallest absolute Gasteiger partial charge is 0.418 e. The number of hydrogen-bond donors (Lipinski definition) is 1. The first-order valence-corrected chi connectivity index (χ1v) is 10.0. The second-order valence-corrected chi connectivity index (χ2v) is 7.65.